The quantitative estimate of drug-likeness (QED) is 0.626. The fourth-order valence-corrected chi connectivity index (χ4v) is 1.43. The molecule has 0 saturated heterocycles. The van der Waals surface area contributed by atoms with Gasteiger partial charge in [0.05, 0.1) is 11.4 Å². The molecule has 2 aromatic rings. The number of nitrogens with zero attached hydrogens (tertiary/aromatic N) is 1. The van der Waals surface area contributed by atoms with Gasteiger partial charge in [-0.3, -0.25) is 15.9 Å². The smallest absolute Gasteiger partial charge is 0.248 e. The number of anilines is 2. The fourth-order valence-electron chi connectivity index (χ4n) is 1.43. The molecule has 1 aromatic heterocycles. The molecular weight excluding hydrogens is 258 g/mol. The van der Waals surface area contributed by atoms with E-state index in [4.69, 9.17) is 14.9 Å². The minimum atomic E-state index is 0. The Morgan fingerprint density at radius 2 is 1.80 bits per heavy atom. The van der Waals surface area contributed by atoms with Gasteiger partial charge < -0.3 is 4.52 Å². The van der Waals surface area contributed by atoms with Crippen LogP contribution >= 0.6 is 0 Å². The summed E-state index contributed by atoms with van der Waals surface area (Å²) in [5.41, 5.74) is 5.58. The zero-order chi connectivity index (χ0) is 14.8. The SMILES string of the molecule is CC.ONc1cc(C2CC2)no1.ONc1ccccc1.[HH].[HH]. The standard InChI is InChI=1S/C6H8N2O2.C6H7NO.C2H6.2H2/c9-7-6-3-5(8-10-6)4-1-2-4;8-7-6-4-2-1-3-5-6;1-2;;/h3-4,7,9H,1-2H2;1-5,7-8H;1-2H3;2*1H. The minimum Gasteiger partial charge on any atom is -0.336 e. The van der Waals surface area contributed by atoms with Crippen LogP contribution in [0.5, 0.6) is 0 Å². The summed E-state index contributed by atoms with van der Waals surface area (Å²) in [7, 11) is 0. The van der Waals surface area contributed by atoms with E-state index in [1.807, 2.05) is 43.0 Å². The number of benzene rings is 1. The second kappa shape index (κ2) is 8.95. The first-order valence-corrected chi connectivity index (χ1v) is 6.65. The van der Waals surface area contributed by atoms with Gasteiger partial charge in [-0.2, -0.15) is 0 Å². The molecule has 0 amide bonds. The molecular formula is C14H25N3O3. The number of para-hydroxylation sites is 1. The summed E-state index contributed by atoms with van der Waals surface area (Å²) in [5.74, 6) is 0.896. The Morgan fingerprint density at radius 3 is 2.20 bits per heavy atom. The summed E-state index contributed by atoms with van der Waals surface area (Å²) in [6.07, 6.45) is 2.38. The average molecular weight is 283 g/mol. The molecule has 3 rings (SSSR count). The molecule has 1 aliphatic rings. The van der Waals surface area contributed by atoms with Crippen molar-refractivity contribution in [1.29, 1.82) is 0 Å². The van der Waals surface area contributed by atoms with Crippen LogP contribution in [0.3, 0.4) is 0 Å². The topological polar surface area (TPSA) is 90.5 Å². The van der Waals surface area contributed by atoms with Gasteiger partial charge in [-0.1, -0.05) is 37.2 Å². The first kappa shape index (κ1) is 16.0. The van der Waals surface area contributed by atoms with Gasteiger partial charge in [-0.15, -0.1) is 0 Å². The van der Waals surface area contributed by atoms with Crippen LogP contribution in [0.1, 0.15) is 41.2 Å². The summed E-state index contributed by atoms with van der Waals surface area (Å²) in [5, 5.41) is 20.4. The van der Waals surface area contributed by atoms with E-state index in [1.165, 1.54) is 12.8 Å². The molecule has 1 aliphatic carbocycles. The lowest BCUT2D eigenvalue weighted by Crippen LogP contribution is -1.85. The maximum atomic E-state index is 8.37. The second-order valence-corrected chi connectivity index (χ2v) is 3.98. The largest absolute Gasteiger partial charge is 0.336 e. The van der Waals surface area contributed by atoms with Crippen molar-refractivity contribution < 1.29 is 17.8 Å². The van der Waals surface area contributed by atoms with Crippen molar-refractivity contribution in [3.8, 4) is 0 Å². The van der Waals surface area contributed by atoms with Gasteiger partial charge in [0.2, 0.25) is 5.88 Å². The molecule has 20 heavy (non-hydrogen) atoms. The van der Waals surface area contributed by atoms with Crippen molar-refractivity contribution in [3.63, 3.8) is 0 Å². The fraction of sp³-hybridized carbons (Fsp3) is 0.357. The van der Waals surface area contributed by atoms with Crippen LogP contribution in [0.4, 0.5) is 11.6 Å². The van der Waals surface area contributed by atoms with E-state index in [2.05, 4.69) is 5.16 Å². The van der Waals surface area contributed by atoms with Crippen LogP contribution in [0.15, 0.2) is 40.9 Å². The summed E-state index contributed by atoms with van der Waals surface area (Å²) >= 11 is 0. The first-order chi connectivity index (χ1) is 9.83. The van der Waals surface area contributed by atoms with Crippen LogP contribution in [0.2, 0.25) is 0 Å². The molecule has 6 nitrogen and oxygen atoms in total. The van der Waals surface area contributed by atoms with E-state index in [1.54, 1.807) is 18.2 Å². The molecule has 0 atom stereocenters. The van der Waals surface area contributed by atoms with Crippen molar-refractivity contribution in [2.75, 3.05) is 11.0 Å². The third-order valence-electron chi connectivity index (χ3n) is 2.54. The molecule has 114 valence electrons. The summed E-state index contributed by atoms with van der Waals surface area (Å²) < 4.78 is 4.70. The van der Waals surface area contributed by atoms with Crippen molar-refractivity contribution >= 4 is 11.6 Å². The van der Waals surface area contributed by atoms with E-state index in [0.29, 0.717) is 17.5 Å². The van der Waals surface area contributed by atoms with Gasteiger partial charge in [0.1, 0.15) is 0 Å². The van der Waals surface area contributed by atoms with Crippen LogP contribution < -0.4 is 11.0 Å². The monoisotopic (exact) mass is 283 g/mol. The molecule has 0 spiro atoms. The lowest BCUT2D eigenvalue weighted by molar-refractivity contribution is 0.336. The molecule has 1 heterocycles. The number of nitrogens with one attached hydrogen (secondary N) is 2. The molecule has 4 N–H and O–H groups in total. The summed E-state index contributed by atoms with van der Waals surface area (Å²) in [4.78, 5) is 0. The second-order valence-electron chi connectivity index (χ2n) is 3.98. The van der Waals surface area contributed by atoms with E-state index >= 15 is 0 Å². The van der Waals surface area contributed by atoms with Crippen molar-refractivity contribution in [3.05, 3.63) is 42.1 Å². The predicted molar refractivity (Wildman–Crippen MR) is 81.3 cm³/mol. The van der Waals surface area contributed by atoms with Gasteiger partial charge >= 0.3 is 0 Å². The van der Waals surface area contributed by atoms with Crippen molar-refractivity contribution in [2.45, 2.75) is 32.6 Å². The highest BCUT2D eigenvalue weighted by Crippen LogP contribution is 2.39. The van der Waals surface area contributed by atoms with Crippen LogP contribution in [-0.4, -0.2) is 15.6 Å². The van der Waals surface area contributed by atoms with E-state index in [9.17, 15) is 0 Å². The molecule has 0 radical (unpaired) electrons. The lowest BCUT2D eigenvalue weighted by atomic mass is 10.3. The normalized spacial score (nSPS) is 12.4. The Labute approximate surface area is 121 Å². The number of rotatable bonds is 3. The Hall–Kier alpha value is -2.05. The van der Waals surface area contributed by atoms with Gasteiger partial charge in [0.25, 0.3) is 0 Å². The summed E-state index contributed by atoms with van der Waals surface area (Å²) in [6.45, 7) is 4.00. The highest BCUT2D eigenvalue weighted by atomic mass is 16.5. The lowest BCUT2D eigenvalue weighted by Gasteiger charge is -1.92. The van der Waals surface area contributed by atoms with E-state index < -0.39 is 0 Å². The highest BCUT2D eigenvalue weighted by Gasteiger charge is 2.26. The average Bonchev–Trinajstić information content (AvgIpc) is 3.28. The first-order valence-electron chi connectivity index (χ1n) is 6.65. The number of hydrogen-bond donors (Lipinski definition) is 4. The predicted octanol–water partition coefficient (Wildman–Crippen LogP) is 4.36. The molecule has 1 fully saturated rings. The van der Waals surface area contributed by atoms with Crippen molar-refractivity contribution in [2.24, 2.45) is 0 Å². The Bertz CT molecular complexity index is 479. The molecule has 1 aromatic carbocycles. The van der Waals surface area contributed by atoms with E-state index in [0.717, 1.165) is 5.69 Å². The molecule has 6 heteroatoms. The highest BCUT2D eigenvalue weighted by molar-refractivity contribution is 5.39. The third kappa shape index (κ3) is 5.29. The number of hydrogen-bond acceptors (Lipinski definition) is 6. The van der Waals surface area contributed by atoms with Crippen molar-refractivity contribution in [1.82, 2.24) is 5.16 Å². The molecule has 1 saturated carbocycles. The Balaban J connectivity index is 0. The summed E-state index contributed by atoms with van der Waals surface area (Å²) in [6, 6.07) is 10.9. The molecule has 0 unspecified atom stereocenters. The van der Waals surface area contributed by atoms with E-state index in [-0.39, 0.29) is 2.85 Å². The minimum absolute atomic E-state index is 0. The maximum Gasteiger partial charge on any atom is 0.248 e. The van der Waals surface area contributed by atoms with Gasteiger partial charge in [0, 0.05) is 14.8 Å². The van der Waals surface area contributed by atoms with Crippen LogP contribution in [0, 0.1) is 0 Å². The van der Waals surface area contributed by atoms with Gasteiger partial charge in [-0.05, 0) is 25.0 Å². The number of aromatic nitrogens is 1. The Morgan fingerprint density at radius 1 is 1.15 bits per heavy atom. The third-order valence-corrected chi connectivity index (χ3v) is 2.54. The maximum absolute atomic E-state index is 8.37. The molecule has 0 aliphatic heterocycles. The Kier molecular flexibility index (Phi) is 7.16. The van der Waals surface area contributed by atoms with Crippen LogP contribution in [0.25, 0.3) is 0 Å². The molecule has 0 bridgehead atoms. The zero-order valence-electron chi connectivity index (χ0n) is 11.7. The van der Waals surface area contributed by atoms with Gasteiger partial charge in [-0.25, -0.2) is 5.48 Å². The van der Waals surface area contributed by atoms with Gasteiger partial charge in [0.15, 0.2) is 0 Å². The zero-order valence-corrected chi connectivity index (χ0v) is 11.7. The van der Waals surface area contributed by atoms with Crippen LogP contribution in [-0.2, 0) is 0 Å².